The van der Waals surface area contributed by atoms with Crippen LogP contribution in [0.1, 0.15) is 34.1 Å². The van der Waals surface area contributed by atoms with Gasteiger partial charge in [0.1, 0.15) is 5.82 Å². The van der Waals surface area contributed by atoms with E-state index < -0.39 is 0 Å². The number of benzene rings is 2. The van der Waals surface area contributed by atoms with Crippen LogP contribution in [0.2, 0.25) is 0 Å². The van der Waals surface area contributed by atoms with Crippen molar-refractivity contribution in [2.24, 2.45) is 0 Å². The topological polar surface area (TPSA) is 40.7 Å². The van der Waals surface area contributed by atoms with Gasteiger partial charge in [-0.05, 0) is 68.7 Å². The molecule has 4 aromatic rings. The van der Waals surface area contributed by atoms with Gasteiger partial charge in [-0.3, -0.25) is 4.98 Å². The average molecular weight is 373 g/mol. The van der Waals surface area contributed by atoms with Crippen LogP contribution < -0.4 is 5.32 Å². The second-order valence-electron chi connectivity index (χ2n) is 7.39. The molecule has 2 N–H and O–H groups in total. The number of H-pyrrole nitrogens is 1. The van der Waals surface area contributed by atoms with Crippen LogP contribution in [0.4, 0.5) is 10.1 Å². The first-order chi connectivity index (χ1) is 13.5. The van der Waals surface area contributed by atoms with Crippen LogP contribution in [0.3, 0.4) is 0 Å². The Labute approximate surface area is 164 Å². The van der Waals surface area contributed by atoms with Crippen LogP contribution in [0.25, 0.3) is 10.9 Å². The zero-order chi connectivity index (χ0) is 19.7. The Morgan fingerprint density at radius 1 is 1.04 bits per heavy atom. The summed E-state index contributed by atoms with van der Waals surface area (Å²) in [4.78, 5) is 8.23. The van der Waals surface area contributed by atoms with Crippen LogP contribution in [0.5, 0.6) is 0 Å². The molecule has 2 heterocycles. The normalized spacial score (nSPS) is 12.3. The second kappa shape index (κ2) is 7.47. The minimum absolute atomic E-state index is 0.0478. The molecule has 0 saturated heterocycles. The summed E-state index contributed by atoms with van der Waals surface area (Å²) >= 11 is 0. The van der Waals surface area contributed by atoms with Crippen molar-refractivity contribution >= 4 is 16.6 Å². The first kappa shape index (κ1) is 18.2. The van der Waals surface area contributed by atoms with Crippen LogP contribution in [-0.2, 0) is 6.42 Å². The quantitative estimate of drug-likeness (QED) is 0.449. The Morgan fingerprint density at radius 3 is 2.57 bits per heavy atom. The first-order valence-corrected chi connectivity index (χ1v) is 9.52. The molecule has 3 nitrogen and oxygen atoms in total. The minimum Gasteiger partial charge on any atom is -0.376 e. The molecule has 2 aromatic heterocycles. The molecule has 0 fully saturated rings. The number of pyridine rings is 1. The summed E-state index contributed by atoms with van der Waals surface area (Å²) < 4.78 is 13.3. The standard InChI is InChI=1S/C24H24FN3/c1-15-5-4-6-18(13-15)14-22(28-20-9-7-19(25)8-10-20)24-23-21(11-12-26-24)16(2)17(3)27-23/h4-13,22,27-28H,14H2,1-3H3. The van der Waals surface area contributed by atoms with Crippen molar-refractivity contribution in [1.82, 2.24) is 9.97 Å². The molecular weight excluding hydrogens is 349 g/mol. The van der Waals surface area contributed by atoms with Crippen molar-refractivity contribution in [3.05, 3.63) is 94.7 Å². The number of halogens is 1. The van der Waals surface area contributed by atoms with Crippen molar-refractivity contribution in [3.63, 3.8) is 0 Å². The van der Waals surface area contributed by atoms with Crippen LogP contribution in [0.15, 0.2) is 60.8 Å². The van der Waals surface area contributed by atoms with Crippen molar-refractivity contribution in [1.29, 1.82) is 0 Å². The lowest BCUT2D eigenvalue weighted by Crippen LogP contribution is -2.16. The van der Waals surface area contributed by atoms with Gasteiger partial charge in [-0.25, -0.2) is 4.39 Å². The van der Waals surface area contributed by atoms with Crippen LogP contribution in [0, 0.1) is 26.6 Å². The number of rotatable bonds is 5. The van der Waals surface area contributed by atoms with Gasteiger partial charge in [-0.2, -0.15) is 0 Å². The maximum Gasteiger partial charge on any atom is 0.123 e. The lowest BCUT2D eigenvalue weighted by molar-refractivity contribution is 0.627. The SMILES string of the molecule is Cc1cccc(CC(Nc2ccc(F)cc2)c2nccc3c(C)c(C)[nH]c23)c1. The molecule has 0 saturated carbocycles. The lowest BCUT2D eigenvalue weighted by atomic mass is 9.99. The molecule has 28 heavy (non-hydrogen) atoms. The van der Waals surface area contributed by atoms with E-state index in [0.29, 0.717) is 0 Å². The fourth-order valence-corrected chi connectivity index (χ4v) is 3.71. The number of aryl methyl sites for hydroxylation is 3. The highest BCUT2D eigenvalue weighted by Crippen LogP contribution is 2.30. The fourth-order valence-electron chi connectivity index (χ4n) is 3.71. The van der Waals surface area contributed by atoms with Gasteiger partial charge in [0.15, 0.2) is 0 Å². The van der Waals surface area contributed by atoms with Gasteiger partial charge >= 0.3 is 0 Å². The van der Waals surface area contributed by atoms with Gasteiger partial charge in [0.25, 0.3) is 0 Å². The van der Waals surface area contributed by atoms with E-state index in [4.69, 9.17) is 4.98 Å². The smallest absolute Gasteiger partial charge is 0.123 e. The molecule has 142 valence electrons. The summed E-state index contributed by atoms with van der Waals surface area (Å²) in [6.45, 7) is 6.31. The van der Waals surface area contributed by atoms with Crippen molar-refractivity contribution < 1.29 is 4.39 Å². The van der Waals surface area contributed by atoms with Gasteiger partial charge in [0.05, 0.1) is 17.3 Å². The third-order valence-electron chi connectivity index (χ3n) is 5.30. The number of nitrogens with zero attached hydrogens (tertiary/aromatic N) is 1. The summed E-state index contributed by atoms with van der Waals surface area (Å²) in [5, 5.41) is 4.75. The predicted octanol–water partition coefficient (Wildman–Crippen LogP) is 6.02. The number of aromatic nitrogens is 2. The minimum atomic E-state index is -0.239. The largest absolute Gasteiger partial charge is 0.376 e. The Balaban J connectivity index is 1.78. The highest BCUT2D eigenvalue weighted by Gasteiger charge is 2.19. The zero-order valence-electron chi connectivity index (χ0n) is 16.4. The summed E-state index contributed by atoms with van der Waals surface area (Å²) in [5.74, 6) is -0.239. The number of anilines is 1. The van der Waals surface area contributed by atoms with Crippen molar-refractivity contribution in [2.75, 3.05) is 5.32 Å². The van der Waals surface area contributed by atoms with E-state index >= 15 is 0 Å². The summed E-state index contributed by atoms with van der Waals surface area (Å²) in [6, 6.07) is 17.0. The summed E-state index contributed by atoms with van der Waals surface area (Å²) in [5.41, 5.74) is 7.77. The van der Waals surface area contributed by atoms with Gasteiger partial charge < -0.3 is 10.3 Å². The van der Waals surface area contributed by atoms with Gasteiger partial charge in [0.2, 0.25) is 0 Å². The Bertz CT molecular complexity index is 1110. The second-order valence-corrected chi connectivity index (χ2v) is 7.39. The molecule has 0 spiro atoms. The van der Waals surface area contributed by atoms with Crippen molar-refractivity contribution in [3.8, 4) is 0 Å². The highest BCUT2D eigenvalue weighted by atomic mass is 19.1. The van der Waals surface area contributed by atoms with Gasteiger partial charge in [0, 0.05) is 23.0 Å². The molecule has 0 aliphatic carbocycles. The molecule has 1 atom stereocenters. The number of hydrogen-bond acceptors (Lipinski definition) is 2. The molecule has 0 aliphatic heterocycles. The van der Waals surface area contributed by atoms with E-state index in [1.165, 1.54) is 34.2 Å². The Kier molecular flexibility index (Phi) is 4.86. The van der Waals surface area contributed by atoms with Crippen LogP contribution >= 0.6 is 0 Å². The van der Waals surface area contributed by atoms with E-state index in [0.717, 1.165) is 29.0 Å². The number of hydrogen-bond donors (Lipinski definition) is 2. The molecule has 0 amide bonds. The number of aromatic amines is 1. The highest BCUT2D eigenvalue weighted by molar-refractivity contribution is 5.86. The van der Waals surface area contributed by atoms with Crippen LogP contribution in [-0.4, -0.2) is 9.97 Å². The van der Waals surface area contributed by atoms with Gasteiger partial charge in [-0.15, -0.1) is 0 Å². The molecule has 4 rings (SSSR count). The molecule has 2 aromatic carbocycles. The number of nitrogens with one attached hydrogen (secondary N) is 2. The maximum absolute atomic E-state index is 13.3. The van der Waals surface area contributed by atoms with E-state index in [2.05, 4.69) is 61.4 Å². The van der Waals surface area contributed by atoms with E-state index in [1.54, 1.807) is 12.1 Å². The molecule has 1 unspecified atom stereocenters. The Morgan fingerprint density at radius 2 is 1.82 bits per heavy atom. The number of fused-ring (bicyclic) bond motifs is 1. The molecule has 0 radical (unpaired) electrons. The fraction of sp³-hybridized carbons (Fsp3) is 0.208. The molecule has 0 bridgehead atoms. The maximum atomic E-state index is 13.3. The zero-order valence-corrected chi connectivity index (χ0v) is 16.4. The first-order valence-electron chi connectivity index (χ1n) is 9.52. The van der Waals surface area contributed by atoms with E-state index in [9.17, 15) is 4.39 Å². The third kappa shape index (κ3) is 3.63. The molecule has 0 aliphatic rings. The van der Waals surface area contributed by atoms with Gasteiger partial charge in [-0.1, -0.05) is 29.8 Å². The van der Waals surface area contributed by atoms with Crippen molar-refractivity contribution in [2.45, 2.75) is 33.2 Å². The Hall–Kier alpha value is -3.14. The third-order valence-corrected chi connectivity index (χ3v) is 5.30. The lowest BCUT2D eigenvalue weighted by Gasteiger charge is -2.21. The van der Waals surface area contributed by atoms with E-state index in [-0.39, 0.29) is 11.9 Å². The average Bonchev–Trinajstić information content (AvgIpc) is 2.97. The predicted molar refractivity (Wildman–Crippen MR) is 113 cm³/mol. The monoisotopic (exact) mass is 373 g/mol. The molecular formula is C24H24FN3. The molecule has 4 heteroatoms. The summed E-state index contributed by atoms with van der Waals surface area (Å²) in [6.07, 6.45) is 2.65. The van der Waals surface area contributed by atoms with E-state index in [1.807, 2.05) is 6.20 Å². The summed E-state index contributed by atoms with van der Waals surface area (Å²) in [7, 11) is 0.